The normalized spacial score (nSPS) is 16.0. The van der Waals surface area contributed by atoms with Crippen molar-refractivity contribution in [1.29, 1.82) is 0 Å². The van der Waals surface area contributed by atoms with Gasteiger partial charge in [-0.1, -0.05) is 6.42 Å². The first-order valence-electron chi connectivity index (χ1n) is 8.32. The minimum Gasteiger partial charge on any atom is -0.409 e. The van der Waals surface area contributed by atoms with Crippen LogP contribution in [0.2, 0.25) is 0 Å². The lowest BCUT2D eigenvalue weighted by Gasteiger charge is -2.15. The van der Waals surface area contributed by atoms with Crippen molar-refractivity contribution < 1.29 is 9.41 Å². The van der Waals surface area contributed by atoms with E-state index < -0.39 is 0 Å². The number of hydroxylamine groups is 1. The Morgan fingerprint density at radius 3 is 2.59 bits per heavy atom. The van der Waals surface area contributed by atoms with Crippen molar-refractivity contribution in [3.05, 3.63) is 23.8 Å². The van der Waals surface area contributed by atoms with Crippen molar-refractivity contribution in [2.75, 3.05) is 20.1 Å². The number of hydrogen-bond acceptors (Lipinski definition) is 3. The fraction of sp³-hybridized carbons (Fsp3) is 0.611. The molecule has 0 saturated heterocycles. The van der Waals surface area contributed by atoms with Crippen LogP contribution in [0.3, 0.4) is 0 Å². The van der Waals surface area contributed by atoms with Gasteiger partial charge in [0.1, 0.15) is 12.3 Å². The lowest BCUT2D eigenvalue weighted by molar-refractivity contribution is -0.439. The van der Waals surface area contributed by atoms with Gasteiger partial charge in [0.25, 0.3) is 0 Å². The van der Waals surface area contributed by atoms with Gasteiger partial charge in [0.15, 0.2) is 5.71 Å². The second-order valence-corrected chi connectivity index (χ2v) is 6.55. The highest BCUT2D eigenvalue weighted by molar-refractivity contribution is 5.93. The van der Waals surface area contributed by atoms with Crippen LogP contribution >= 0.6 is 0 Å². The van der Waals surface area contributed by atoms with E-state index in [0.29, 0.717) is 0 Å². The van der Waals surface area contributed by atoms with Crippen molar-refractivity contribution in [2.45, 2.75) is 51.9 Å². The molecule has 0 amide bonds. The first-order chi connectivity index (χ1) is 10.5. The molecule has 4 heteroatoms. The van der Waals surface area contributed by atoms with Crippen molar-refractivity contribution in [3.63, 3.8) is 0 Å². The summed E-state index contributed by atoms with van der Waals surface area (Å²) in [5.41, 5.74) is 12.5. The van der Waals surface area contributed by atoms with Gasteiger partial charge in [-0.05, 0) is 45.4 Å². The molecular weight excluding hydrogens is 274 g/mol. The Labute approximate surface area is 134 Å². The summed E-state index contributed by atoms with van der Waals surface area (Å²) in [7, 11) is 1.78. The second kappa shape index (κ2) is 7.25. The maximum absolute atomic E-state index is 5.56. The van der Waals surface area contributed by atoms with E-state index in [0.717, 1.165) is 25.3 Å². The highest BCUT2D eigenvalue weighted by Gasteiger charge is 2.42. The predicted molar refractivity (Wildman–Crippen MR) is 92.1 cm³/mol. The number of nitrogens with one attached hydrogen (secondary N) is 1. The number of rotatable bonds is 8. The van der Waals surface area contributed by atoms with E-state index in [9.17, 15) is 0 Å². The summed E-state index contributed by atoms with van der Waals surface area (Å²) in [5, 5.41) is 0. The van der Waals surface area contributed by atoms with Gasteiger partial charge in [0.05, 0.1) is 5.41 Å². The first-order valence-corrected chi connectivity index (χ1v) is 8.32. The fourth-order valence-corrected chi connectivity index (χ4v) is 3.20. The molecule has 2 rings (SSSR count). The van der Waals surface area contributed by atoms with Crippen molar-refractivity contribution in [2.24, 2.45) is 5.73 Å². The zero-order valence-electron chi connectivity index (χ0n) is 14.4. The molecule has 1 aromatic rings. The van der Waals surface area contributed by atoms with E-state index in [1.807, 2.05) is 6.07 Å². The number of fused-ring (bicyclic) bond motifs is 1. The Balaban J connectivity index is 2.16. The quantitative estimate of drug-likeness (QED) is 0.441. The Bertz CT molecular complexity index is 549. The molecular formula is C18H30N3O+. The van der Waals surface area contributed by atoms with Crippen molar-refractivity contribution in [3.8, 4) is 5.75 Å². The topological polar surface area (TPSA) is 50.3 Å². The van der Waals surface area contributed by atoms with Crippen molar-refractivity contribution >= 4 is 11.4 Å². The Hall–Kier alpha value is -1.39. The summed E-state index contributed by atoms with van der Waals surface area (Å²) in [6.07, 6.45) is 4.82. The summed E-state index contributed by atoms with van der Waals surface area (Å²) in [6, 6.07) is 6.37. The minimum absolute atomic E-state index is 0.0553. The summed E-state index contributed by atoms with van der Waals surface area (Å²) in [6.45, 7) is 8.72. The Morgan fingerprint density at radius 1 is 1.18 bits per heavy atom. The van der Waals surface area contributed by atoms with Crippen molar-refractivity contribution in [1.82, 2.24) is 5.48 Å². The van der Waals surface area contributed by atoms with E-state index in [1.165, 1.54) is 36.2 Å². The maximum atomic E-state index is 5.56. The van der Waals surface area contributed by atoms with Gasteiger partial charge in [-0.2, -0.15) is 10.1 Å². The first kappa shape index (κ1) is 17.0. The van der Waals surface area contributed by atoms with Crippen LogP contribution in [0.25, 0.3) is 0 Å². The third-order valence-corrected chi connectivity index (χ3v) is 4.80. The highest BCUT2D eigenvalue weighted by Crippen LogP contribution is 2.41. The minimum atomic E-state index is 0.0553. The van der Waals surface area contributed by atoms with Crippen LogP contribution < -0.4 is 16.1 Å². The van der Waals surface area contributed by atoms with Gasteiger partial charge in [0.2, 0.25) is 5.69 Å². The molecule has 1 aliphatic heterocycles. The molecule has 1 aliphatic rings. The van der Waals surface area contributed by atoms with Crippen LogP contribution in [0.5, 0.6) is 5.75 Å². The van der Waals surface area contributed by atoms with Crippen LogP contribution in [-0.4, -0.2) is 30.4 Å². The molecule has 0 atom stereocenters. The molecule has 0 fully saturated rings. The number of hydrogen-bond donors (Lipinski definition) is 2. The van der Waals surface area contributed by atoms with Gasteiger partial charge in [0, 0.05) is 32.0 Å². The monoisotopic (exact) mass is 304 g/mol. The largest absolute Gasteiger partial charge is 0.409 e. The lowest BCUT2D eigenvalue weighted by atomic mass is 9.82. The molecule has 0 saturated carbocycles. The van der Waals surface area contributed by atoms with Crippen LogP contribution in [-0.2, 0) is 5.41 Å². The van der Waals surface area contributed by atoms with Gasteiger partial charge in [-0.25, -0.2) is 0 Å². The standard InChI is InChI=1S/C18H30N3O/c1-14-18(2,3)16-13-15(22-20-4)9-10-17(16)21(14)12-8-6-5-7-11-19/h9-10,13,20H,5-8,11-12,19H2,1-4H3/q+1. The van der Waals surface area contributed by atoms with Gasteiger partial charge in [-0.3, -0.25) is 0 Å². The van der Waals surface area contributed by atoms with Crippen LogP contribution in [0.1, 0.15) is 52.0 Å². The lowest BCUT2D eigenvalue weighted by Crippen LogP contribution is -2.26. The maximum Gasteiger partial charge on any atom is 0.209 e. The summed E-state index contributed by atoms with van der Waals surface area (Å²) in [4.78, 5) is 5.43. The third-order valence-electron chi connectivity index (χ3n) is 4.80. The number of unbranched alkanes of at least 4 members (excludes halogenated alkanes) is 3. The molecule has 1 heterocycles. The van der Waals surface area contributed by atoms with E-state index in [4.69, 9.17) is 10.6 Å². The van der Waals surface area contributed by atoms with Gasteiger partial charge < -0.3 is 10.6 Å². The van der Waals surface area contributed by atoms with Crippen LogP contribution in [0.4, 0.5) is 5.69 Å². The summed E-state index contributed by atoms with van der Waals surface area (Å²) >= 11 is 0. The molecule has 0 unspecified atom stereocenters. The highest BCUT2D eigenvalue weighted by atomic mass is 16.6. The van der Waals surface area contributed by atoms with Gasteiger partial charge in [-0.15, -0.1) is 0 Å². The molecule has 1 aromatic carbocycles. The number of nitrogens with two attached hydrogens (primary N) is 1. The molecule has 0 aliphatic carbocycles. The smallest absolute Gasteiger partial charge is 0.209 e. The SMILES string of the molecule is CNOc1ccc2c(c1)C(C)(C)C(C)=[N+]2CCCCCCN. The van der Waals surface area contributed by atoms with Crippen LogP contribution in [0.15, 0.2) is 18.2 Å². The summed E-state index contributed by atoms with van der Waals surface area (Å²) < 4.78 is 2.47. The van der Waals surface area contributed by atoms with E-state index >= 15 is 0 Å². The van der Waals surface area contributed by atoms with E-state index in [-0.39, 0.29) is 5.41 Å². The molecule has 122 valence electrons. The van der Waals surface area contributed by atoms with E-state index in [1.54, 1.807) is 7.05 Å². The number of nitrogens with zero attached hydrogens (tertiary/aromatic N) is 1. The zero-order valence-corrected chi connectivity index (χ0v) is 14.4. The molecule has 0 radical (unpaired) electrons. The third kappa shape index (κ3) is 3.33. The Morgan fingerprint density at radius 2 is 1.91 bits per heavy atom. The predicted octanol–water partition coefficient (Wildman–Crippen LogP) is 3.12. The van der Waals surface area contributed by atoms with E-state index in [2.05, 4.69) is 43.0 Å². The fourth-order valence-electron chi connectivity index (χ4n) is 3.20. The average molecular weight is 304 g/mol. The molecule has 0 aromatic heterocycles. The second-order valence-electron chi connectivity index (χ2n) is 6.55. The van der Waals surface area contributed by atoms with Gasteiger partial charge >= 0.3 is 0 Å². The van der Waals surface area contributed by atoms with Crippen LogP contribution in [0, 0.1) is 0 Å². The molecule has 4 nitrogen and oxygen atoms in total. The number of benzene rings is 1. The average Bonchev–Trinajstić information content (AvgIpc) is 2.68. The zero-order chi connectivity index (χ0) is 16.2. The summed E-state index contributed by atoms with van der Waals surface area (Å²) in [5.74, 6) is 0.868. The molecule has 3 N–H and O–H groups in total. The molecule has 0 spiro atoms. The molecule has 0 bridgehead atoms. The molecule has 22 heavy (non-hydrogen) atoms. The Kier molecular flexibility index (Phi) is 5.59.